The molecule has 2 N–H and O–H groups in total. The molecule has 0 spiro atoms. The van der Waals surface area contributed by atoms with Gasteiger partial charge in [-0.2, -0.15) is 0 Å². The number of nitrogens with zero attached hydrogens (tertiary/aromatic N) is 4. The molecule has 9 heteroatoms. The Balaban J connectivity index is 1.45. The molecule has 0 saturated heterocycles. The summed E-state index contributed by atoms with van der Waals surface area (Å²) in [5.41, 5.74) is 1.66. The van der Waals surface area contributed by atoms with Crippen molar-refractivity contribution in [3.63, 3.8) is 0 Å². The van der Waals surface area contributed by atoms with Gasteiger partial charge in [-0.25, -0.2) is 9.66 Å². The van der Waals surface area contributed by atoms with Gasteiger partial charge in [-0.1, -0.05) is 11.8 Å². The van der Waals surface area contributed by atoms with Crippen LogP contribution in [0.25, 0.3) is 23.0 Å². The minimum Gasteiger partial charge on any atom is -0.497 e. The fourth-order valence-electron chi connectivity index (χ4n) is 2.33. The van der Waals surface area contributed by atoms with Crippen LogP contribution in [0.15, 0.2) is 62.9 Å². The molecule has 0 aliphatic rings. The first-order valence-electron chi connectivity index (χ1n) is 7.70. The normalized spacial score (nSPS) is 11.0. The van der Waals surface area contributed by atoms with Gasteiger partial charge in [0.05, 0.1) is 19.1 Å². The number of oxazole rings is 1. The number of aromatic nitrogens is 4. The number of hydrogen-bond acceptors (Lipinski definition) is 8. The number of methoxy groups -OCH3 is 1. The summed E-state index contributed by atoms with van der Waals surface area (Å²) in [6.45, 7) is 0. The van der Waals surface area contributed by atoms with Gasteiger partial charge in [0.15, 0.2) is 5.76 Å². The van der Waals surface area contributed by atoms with Gasteiger partial charge < -0.3 is 19.4 Å². The summed E-state index contributed by atoms with van der Waals surface area (Å²) in [4.78, 5) is 4.49. The average molecular weight is 369 g/mol. The van der Waals surface area contributed by atoms with E-state index in [0.717, 1.165) is 17.0 Å². The van der Waals surface area contributed by atoms with Crippen LogP contribution in [0, 0.1) is 0 Å². The molecule has 8 nitrogen and oxygen atoms in total. The largest absolute Gasteiger partial charge is 0.497 e. The number of thioether (sulfide) groups is 1. The fourth-order valence-corrected chi connectivity index (χ4v) is 3.06. The van der Waals surface area contributed by atoms with Crippen LogP contribution in [0.1, 0.15) is 5.69 Å². The number of ether oxygens (including phenoxy) is 1. The molecule has 1 aromatic carbocycles. The predicted molar refractivity (Wildman–Crippen MR) is 95.9 cm³/mol. The van der Waals surface area contributed by atoms with Crippen LogP contribution in [-0.4, -0.2) is 27.0 Å². The van der Waals surface area contributed by atoms with E-state index in [1.165, 1.54) is 16.4 Å². The highest BCUT2D eigenvalue weighted by molar-refractivity contribution is 7.98. The molecule has 0 bridgehead atoms. The van der Waals surface area contributed by atoms with Gasteiger partial charge in [0, 0.05) is 11.3 Å². The highest BCUT2D eigenvalue weighted by Crippen LogP contribution is 2.26. The average Bonchev–Trinajstić information content (AvgIpc) is 3.41. The van der Waals surface area contributed by atoms with Crippen LogP contribution in [-0.2, 0) is 5.75 Å². The van der Waals surface area contributed by atoms with Crippen molar-refractivity contribution in [3.05, 3.63) is 54.6 Å². The number of nitrogen functional groups attached to an aromatic ring is 1. The first kappa shape index (κ1) is 16.3. The Morgan fingerprint density at radius 1 is 1.15 bits per heavy atom. The number of furan rings is 1. The molecular formula is C17H15N5O3S. The van der Waals surface area contributed by atoms with Crippen LogP contribution < -0.4 is 10.6 Å². The van der Waals surface area contributed by atoms with Gasteiger partial charge in [0.1, 0.15) is 12.0 Å². The molecule has 3 aromatic heterocycles. The summed E-state index contributed by atoms with van der Waals surface area (Å²) in [6.07, 6.45) is 3.18. The number of hydrogen-bond donors (Lipinski definition) is 1. The molecule has 3 heterocycles. The lowest BCUT2D eigenvalue weighted by Crippen LogP contribution is -2.11. The molecular weight excluding hydrogens is 354 g/mol. The highest BCUT2D eigenvalue weighted by Gasteiger charge is 2.15. The van der Waals surface area contributed by atoms with Crippen molar-refractivity contribution < 1.29 is 13.6 Å². The molecule has 0 aliphatic carbocycles. The minimum atomic E-state index is 0.469. The highest BCUT2D eigenvalue weighted by atomic mass is 32.2. The third kappa shape index (κ3) is 3.16. The minimum absolute atomic E-state index is 0.469. The zero-order valence-electron chi connectivity index (χ0n) is 13.8. The van der Waals surface area contributed by atoms with E-state index in [-0.39, 0.29) is 0 Å². The molecule has 4 rings (SSSR count). The Kier molecular flexibility index (Phi) is 4.36. The second-order valence-electron chi connectivity index (χ2n) is 5.31. The number of rotatable bonds is 6. The van der Waals surface area contributed by atoms with Gasteiger partial charge >= 0.3 is 0 Å². The van der Waals surface area contributed by atoms with Crippen molar-refractivity contribution in [2.75, 3.05) is 13.0 Å². The fraction of sp³-hybridized carbons (Fsp3) is 0.118. The first-order valence-corrected chi connectivity index (χ1v) is 8.69. The Morgan fingerprint density at radius 3 is 2.73 bits per heavy atom. The maximum absolute atomic E-state index is 6.04. The summed E-state index contributed by atoms with van der Waals surface area (Å²) < 4.78 is 17.4. The van der Waals surface area contributed by atoms with E-state index < -0.39 is 0 Å². The second kappa shape index (κ2) is 6.96. The Bertz CT molecular complexity index is 992. The summed E-state index contributed by atoms with van der Waals surface area (Å²) in [6, 6.07) is 11.1. The Morgan fingerprint density at radius 2 is 2.00 bits per heavy atom. The molecule has 132 valence electrons. The molecule has 0 fully saturated rings. The van der Waals surface area contributed by atoms with Crippen LogP contribution in [0.4, 0.5) is 0 Å². The molecule has 26 heavy (non-hydrogen) atoms. The predicted octanol–water partition coefficient (Wildman–Crippen LogP) is 3.21. The SMILES string of the molecule is COc1ccc(-c2nc(CSc3nnc(-c4ccco4)n3N)co2)cc1. The molecule has 0 saturated carbocycles. The van der Waals surface area contributed by atoms with Crippen molar-refractivity contribution in [1.29, 1.82) is 0 Å². The molecule has 0 radical (unpaired) electrons. The summed E-state index contributed by atoms with van der Waals surface area (Å²) >= 11 is 1.41. The first-order chi connectivity index (χ1) is 12.7. The zero-order valence-corrected chi connectivity index (χ0v) is 14.6. The molecule has 0 amide bonds. The summed E-state index contributed by atoms with van der Waals surface area (Å²) in [5, 5.41) is 8.71. The third-order valence-corrected chi connectivity index (χ3v) is 4.62. The van der Waals surface area contributed by atoms with E-state index in [2.05, 4.69) is 15.2 Å². The van der Waals surface area contributed by atoms with Crippen LogP contribution in [0.5, 0.6) is 5.75 Å². The van der Waals surface area contributed by atoms with Crippen molar-refractivity contribution in [2.24, 2.45) is 0 Å². The van der Waals surface area contributed by atoms with Gasteiger partial charge in [-0.15, -0.1) is 10.2 Å². The Labute approximate surface area is 153 Å². The van der Waals surface area contributed by atoms with Crippen molar-refractivity contribution in [1.82, 2.24) is 19.9 Å². The monoisotopic (exact) mass is 369 g/mol. The van der Waals surface area contributed by atoms with Gasteiger partial charge in [-0.05, 0) is 36.4 Å². The standard InChI is InChI=1S/C17H15N5O3S/c1-23-13-6-4-11(5-7-13)16-19-12(9-25-16)10-26-17-21-20-15(22(17)18)14-3-2-8-24-14/h2-9H,10,18H2,1H3. The maximum Gasteiger partial charge on any atom is 0.226 e. The summed E-state index contributed by atoms with van der Waals surface area (Å²) in [7, 11) is 1.63. The quantitative estimate of drug-likeness (QED) is 0.408. The number of benzene rings is 1. The molecule has 0 aliphatic heterocycles. The van der Waals surface area contributed by atoms with Crippen molar-refractivity contribution in [2.45, 2.75) is 10.9 Å². The lowest BCUT2D eigenvalue weighted by Gasteiger charge is -2.00. The van der Waals surface area contributed by atoms with E-state index >= 15 is 0 Å². The molecule has 0 atom stereocenters. The van der Waals surface area contributed by atoms with Crippen molar-refractivity contribution in [3.8, 4) is 28.8 Å². The van der Waals surface area contributed by atoms with E-state index in [9.17, 15) is 0 Å². The van der Waals surface area contributed by atoms with Gasteiger partial charge in [0.2, 0.25) is 16.9 Å². The lowest BCUT2D eigenvalue weighted by atomic mass is 10.2. The van der Waals surface area contributed by atoms with Gasteiger partial charge in [0.25, 0.3) is 0 Å². The number of nitrogens with two attached hydrogens (primary N) is 1. The smallest absolute Gasteiger partial charge is 0.226 e. The van der Waals surface area contributed by atoms with E-state index in [4.69, 9.17) is 19.4 Å². The third-order valence-electron chi connectivity index (χ3n) is 3.64. The molecule has 4 aromatic rings. The van der Waals surface area contributed by atoms with Gasteiger partial charge in [-0.3, -0.25) is 0 Å². The van der Waals surface area contributed by atoms with E-state index in [1.807, 2.05) is 24.3 Å². The van der Waals surface area contributed by atoms with Crippen LogP contribution in [0.3, 0.4) is 0 Å². The van der Waals surface area contributed by atoms with Crippen LogP contribution >= 0.6 is 11.8 Å². The Hall–Kier alpha value is -3.20. The molecule has 0 unspecified atom stereocenters. The summed E-state index contributed by atoms with van der Waals surface area (Å²) in [5.74, 6) is 8.95. The van der Waals surface area contributed by atoms with E-state index in [0.29, 0.717) is 28.4 Å². The second-order valence-corrected chi connectivity index (χ2v) is 6.26. The maximum atomic E-state index is 6.04. The van der Waals surface area contributed by atoms with Crippen molar-refractivity contribution >= 4 is 11.8 Å². The zero-order chi connectivity index (χ0) is 17.9. The lowest BCUT2D eigenvalue weighted by molar-refractivity contribution is 0.415. The topological polar surface area (TPSA) is 105 Å². The van der Waals surface area contributed by atoms with Crippen LogP contribution in [0.2, 0.25) is 0 Å². The van der Waals surface area contributed by atoms with E-state index in [1.54, 1.807) is 31.8 Å².